The second kappa shape index (κ2) is 4.93. The molecule has 0 aliphatic carbocycles. The Morgan fingerprint density at radius 2 is 2.11 bits per heavy atom. The van der Waals surface area contributed by atoms with E-state index in [4.69, 9.17) is 5.11 Å². The lowest BCUT2D eigenvalue weighted by atomic mass is 10.2. The molecule has 1 aromatic rings. The maximum Gasteiger partial charge on any atom is 0.303 e. The predicted octanol–water partition coefficient (Wildman–Crippen LogP) is 1.41. The van der Waals surface area contributed by atoms with E-state index in [0.717, 1.165) is 0 Å². The lowest BCUT2D eigenvalue weighted by Crippen LogP contribution is -2.40. The highest BCUT2D eigenvalue weighted by Gasteiger charge is 2.40. The summed E-state index contributed by atoms with van der Waals surface area (Å²) in [6.45, 7) is 0. The van der Waals surface area contributed by atoms with E-state index < -0.39 is 27.0 Å². The number of anilines is 1. The average Bonchev–Trinajstić information content (AvgIpc) is 2.29. The van der Waals surface area contributed by atoms with Crippen molar-refractivity contribution in [1.29, 1.82) is 0 Å². The van der Waals surface area contributed by atoms with Crippen LogP contribution in [0.2, 0.25) is 0 Å². The van der Waals surface area contributed by atoms with Crippen LogP contribution in [0.15, 0.2) is 27.6 Å². The molecule has 102 valence electrons. The second-order valence-electron chi connectivity index (χ2n) is 4.10. The number of hydrogen-bond acceptors (Lipinski definition) is 4. The Kier molecular flexibility index (Phi) is 3.64. The Morgan fingerprint density at radius 1 is 1.42 bits per heavy atom. The lowest BCUT2D eigenvalue weighted by Gasteiger charge is -2.24. The first-order valence-corrected chi connectivity index (χ1v) is 7.72. The van der Waals surface area contributed by atoms with Crippen molar-refractivity contribution in [3.63, 3.8) is 0 Å². The van der Waals surface area contributed by atoms with E-state index in [2.05, 4.69) is 21.2 Å². The van der Waals surface area contributed by atoms with E-state index in [9.17, 15) is 18.0 Å². The van der Waals surface area contributed by atoms with Gasteiger partial charge in [0.15, 0.2) is 9.84 Å². The summed E-state index contributed by atoms with van der Waals surface area (Å²) in [5.74, 6) is -1.82. The lowest BCUT2D eigenvalue weighted by molar-refractivity contribution is -0.137. The zero-order valence-electron chi connectivity index (χ0n) is 9.59. The molecule has 19 heavy (non-hydrogen) atoms. The number of carbonyl (C=O) groups is 2. The smallest absolute Gasteiger partial charge is 0.303 e. The van der Waals surface area contributed by atoms with Crippen LogP contribution in [-0.2, 0) is 19.4 Å². The van der Waals surface area contributed by atoms with Crippen LogP contribution in [0.25, 0.3) is 0 Å². The monoisotopic (exact) mass is 347 g/mol. The number of amides is 1. The third-order valence-electron chi connectivity index (χ3n) is 2.80. The van der Waals surface area contributed by atoms with Crippen molar-refractivity contribution in [2.24, 2.45) is 0 Å². The van der Waals surface area contributed by atoms with Gasteiger partial charge in [0.05, 0.1) is 10.6 Å². The van der Waals surface area contributed by atoms with Crippen molar-refractivity contribution in [3.05, 3.63) is 22.7 Å². The van der Waals surface area contributed by atoms with Crippen LogP contribution in [0.1, 0.15) is 12.8 Å². The molecule has 1 heterocycles. The average molecular weight is 348 g/mol. The Hall–Kier alpha value is -1.41. The number of carboxylic acids is 1. The summed E-state index contributed by atoms with van der Waals surface area (Å²) in [5.41, 5.74) is 0.222. The minimum absolute atomic E-state index is 0.0110. The molecule has 0 spiro atoms. The largest absolute Gasteiger partial charge is 0.481 e. The van der Waals surface area contributed by atoms with Crippen molar-refractivity contribution in [3.8, 4) is 0 Å². The summed E-state index contributed by atoms with van der Waals surface area (Å²) >= 11 is 3.17. The van der Waals surface area contributed by atoms with Crippen LogP contribution in [-0.4, -0.2) is 30.7 Å². The minimum atomic E-state index is -3.86. The predicted molar refractivity (Wildman–Crippen MR) is 70.6 cm³/mol. The topological polar surface area (TPSA) is 101 Å². The van der Waals surface area contributed by atoms with Gasteiger partial charge in [-0.15, -0.1) is 0 Å². The van der Waals surface area contributed by atoms with Crippen molar-refractivity contribution >= 4 is 43.3 Å². The molecular formula is C11H10BrNO5S. The van der Waals surface area contributed by atoms with Crippen molar-refractivity contribution in [1.82, 2.24) is 0 Å². The first-order valence-electron chi connectivity index (χ1n) is 5.38. The Labute approximate surface area is 117 Å². The van der Waals surface area contributed by atoms with Crippen LogP contribution in [0.4, 0.5) is 5.69 Å². The highest BCUT2D eigenvalue weighted by atomic mass is 79.9. The molecule has 0 radical (unpaired) electrons. The normalized spacial score (nSPS) is 20.5. The summed E-state index contributed by atoms with van der Waals surface area (Å²) in [7, 11) is -3.86. The van der Waals surface area contributed by atoms with Crippen LogP contribution in [0.5, 0.6) is 0 Å². The van der Waals surface area contributed by atoms with E-state index in [1.807, 2.05) is 0 Å². The summed E-state index contributed by atoms with van der Waals surface area (Å²) < 4.78 is 25.2. The Balaban J connectivity index is 2.45. The number of nitrogens with one attached hydrogen (secondary N) is 1. The first kappa shape index (κ1) is 14.0. The molecule has 2 N–H and O–H groups in total. The summed E-state index contributed by atoms with van der Waals surface area (Å²) in [6, 6.07) is 4.51. The fourth-order valence-electron chi connectivity index (χ4n) is 1.88. The Morgan fingerprint density at radius 3 is 2.74 bits per heavy atom. The molecule has 0 saturated heterocycles. The molecular weight excluding hydrogens is 338 g/mol. The van der Waals surface area contributed by atoms with Gasteiger partial charge in [0.2, 0.25) is 5.91 Å². The van der Waals surface area contributed by atoms with E-state index in [0.29, 0.717) is 4.47 Å². The quantitative estimate of drug-likeness (QED) is 0.860. The molecule has 0 fully saturated rings. The number of hydrogen-bond donors (Lipinski definition) is 2. The number of sulfone groups is 1. The van der Waals surface area contributed by atoms with Gasteiger partial charge in [0.25, 0.3) is 0 Å². The number of fused-ring (bicyclic) bond motifs is 1. The number of benzene rings is 1. The molecule has 1 amide bonds. The molecule has 1 unspecified atom stereocenters. The molecule has 1 atom stereocenters. The molecule has 1 aromatic carbocycles. The van der Waals surface area contributed by atoms with Crippen LogP contribution in [0.3, 0.4) is 0 Å². The van der Waals surface area contributed by atoms with Gasteiger partial charge >= 0.3 is 5.97 Å². The van der Waals surface area contributed by atoms with Crippen molar-refractivity contribution in [2.75, 3.05) is 5.32 Å². The molecule has 6 nitrogen and oxygen atoms in total. The molecule has 0 aromatic heterocycles. The van der Waals surface area contributed by atoms with Crippen LogP contribution in [0, 0.1) is 0 Å². The van der Waals surface area contributed by atoms with Gasteiger partial charge in [-0.25, -0.2) is 8.42 Å². The zero-order valence-corrected chi connectivity index (χ0v) is 12.0. The van der Waals surface area contributed by atoms with E-state index in [-0.39, 0.29) is 23.4 Å². The second-order valence-corrected chi connectivity index (χ2v) is 7.11. The molecule has 1 aliphatic rings. The van der Waals surface area contributed by atoms with Gasteiger partial charge in [-0.1, -0.05) is 15.9 Å². The summed E-state index contributed by atoms with van der Waals surface area (Å²) in [6.07, 6.45) is -0.615. The SMILES string of the molecule is O=C(O)CCC1C(=O)Nc2ccc(Br)cc2S1(=O)=O. The number of rotatable bonds is 3. The fraction of sp³-hybridized carbons (Fsp3) is 0.273. The van der Waals surface area contributed by atoms with Gasteiger partial charge < -0.3 is 10.4 Å². The number of carbonyl (C=O) groups excluding carboxylic acids is 1. The number of aliphatic carboxylic acids is 1. The molecule has 0 bridgehead atoms. The van der Waals surface area contributed by atoms with Crippen molar-refractivity contribution < 1.29 is 23.1 Å². The zero-order chi connectivity index (χ0) is 14.2. The minimum Gasteiger partial charge on any atom is -0.481 e. The van der Waals surface area contributed by atoms with Crippen LogP contribution < -0.4 is 5.32 Å². The van der Waals surface area contributed by atoms with Crippen LogP contribution >= 0.6 is 15.9 Å². The van der Waals surface area contributed by atoms with Crippen molar-refractivity contribution in [2.45, 2.75) is 23.0 Å². The molecule has 8 heteroatoms. The van der Waals surface area contributed by atoms with Gasteiger partial charge in [0.1, 0.15) is 5.25 Å². The standard InChI is InChI=1S/C11H10BrNO5S/c12-6-1-2-7-9(5-6)19(17,18)8(11(16)13-7)3-4-10(14)15/h1-2,5,8H,3-4H2,(H,13,16)(H,14,15). The van der Waals surface area contributed by atoms with Gasteiger partial charge in [-0.2, -0.15) is 0 Å². The van der Waals surface area contributed by atoms with E-state index in [1.165, 1.54) is 12.1 Å². The van der Waals surface area contributed by atoms with E-state index in [1.54, 1.807) is 6.07 Å². The van der Waals surface area contributed by atoms with Gasteiger partial charge in [-0.3, -0.25) is 9.59 Å². The molecule has 0 saturated carbocycles. The summed E-state index contributed by atoms with van der Waals surface area (Å²) in [4.78, 5) is 22.3. The first-order chi connectivity index (χ1) is 8.82. The maximum atomic E-state index is 12.3. The third-order valence-corrected chi connectivity index (χ3v) is 5.44. The Bertz CT molecular complexity index is 655. The number of halogens is 1. The third kappa shape index (κ3) is 2.64. The molecule has 1 aliphatic heterocycles. The van der Waals surface area contributed by atoms with E-state index >= 15 is 0 Å². The fourth-order valence-corrected chi connectivity index (χ4v) is 4.19. The number of carboxylic acid groups (broad SMARTS) is 1. The van der Waals surface area contributed by atoms with Gasteiger partial charge in [-0.05, 0) is 24.6 Å². The maximum absolute atomic E-state index is 12.3. The van der Waals surface area contributed by atoms with Gasteiger partial charge in [0, 0.05) is 10.9 Å². The summed E-state index contributed by atoms with van der Waals surface area (Å²) in [5, 5.41) is 9.73. The highest BCUT2D eigenvalue weighted by molar-refractivity contribution is 9.10. The highest BCUT2D eigenvalue weighted by Crippen LogP contribution is 2.34. The molecule has 2 rings (SSSR count).